The molecule has 4 heteroatoms. The molecule has 2 N–H and O–H groups in total. The molecule has 0 saturated carbocycles. The van der Waals surface area contributed by atoms with Crippen molar-refractivity contribution in [1.82, 2.24) is 5.32 Å². The van der Waals surface area contributed by atoms with Gasteiger partial charge in [-0.05, 0) is 11.8 Å². The van der Waals surface area contributed by atoms with Crippen molar-refractivity contribution in [2.24, 2.45) is 5.41 Å². The smallest absolute Gasteiger partial charge is 0.0897 e. The molecule has 4 nitrogen and oxygen atoms in total. The first-order chi connectivity index (χ1) is 7.02. The van der Waals surface area contributed by atoms with Gasteiger partial charge in [-0.1, -0.05) is 13.8 Å². The summed E-state index contributed by atoms with van der Waals surface area (Å²) < 4.78 is 9.89. The molecule has 0 aromatic rings. The Balaban J connectivity index is 3.55. The first-order valence-corrected chi connectivity index (χ1v) is 5.38. The van der Waals surface area contributed by atoms with E-state index in [1.807, 2.05) is 0 Å². The SMILES string of the molecule is COCCC(C)(C)CNCC(O)COC. The molecule has 0 aliphatic heterocycles. The molecule has 0 aromatic carbocycles. The van der Waals surface area contributed by atoms with Crippen LogP contribution in [0.1, 0.15) is 20.3 Å². The van der Waals surface area contributed by atoms with Crippen molar-refractivity contribution in [2.45, 2.75) is 26.4 Å². The maximum absolute atomic E-state index is 9.41. The Morgan fingerprint density at radius 2 is 1.93 bits per heavy atom. The maximum atomic E-state index is 9.41. The number of rotatable bonds is 9. The summed E-state index contributed by atoms with van der Waals surface area (Å²) in [6.07, 6.45) is 0.588. The largest absolute Gasteiger partial charge is 0.389 e. The lowest BCUT2D eigenvalue weighted by Crippen LogP contribution is -2.36. The third-order valence-corrected chi connectivity index (χ3v) is 2.33. The summed E-state index contributed by atoms with van der Waals surface area (Å²) >= 11 is 0. The number of aliphatic hydroxyl groups is 1. The first-order valence-electron chi connectivity index (χ1n) is 5.38. The van der Waals surface area contributed by atoms with Gasteiger partial charge in [0.2, 0.25) is 0 Å². The van der Waals surface area contributed by atoms with Crippen molar-refractivity contribution < 1.29 is 14.6 Å². The lowest BCUT2D eigenvalue weighted by atomic mass is 9.90. The Morgan fingerprint density at radius 3 is 2.47 bits per heavy atom. The molecular weight excluding hydrogens is 194 g/mol. The highest BCUT2D eigenvalue weighted by molar-refractivity contribution is 4.72. The van der Waals surface area contributed by atoms with Crippen molar-refractivity contribution in [1.29, 1.82) is 0 Å². The number of methoxy groups -OCH3 is 2. The van der Waals surface area contributed by atoms with E-state index < -0.39 is 6.10 Å². The molecule has 0 fully saturated rings. The summed E-state index contributed by atoms with van der Waals surface area (Å²) in [4.78, 5) is 0. The molecule has 0 amide bonds. The maximum Gasteiger partial charge on any atom is 0.0897 e. The van der Waals surface area contributed by atoms with Gasteiger partial charge in [0.25, 0.3) is 0 Å². The predicted molar refractivity (Wildman–Crippen MR) is 61.0 cm³/mol. The second-order valence-electron chi connectivity index (χ2n) is 4.65. The Hall–Kier alpha value is -0.160. The van der Waals surface area contributed by atoms with Crippen molar-refractivity contribution in [3.05, 3.63) is 0 Å². The molecule has 0 saturated heterocycles. The molecule has 1 unspecified atom stereocenters. The molecule has 1 atom stereocenters. The van der Waals surface area contributed by atoms with Crippen molar-refractivity contribution in [2.75, 3.05) is 40.5 Å². The minimum atomic E-state index is -0.423. The van der Waals surface area contributed by atoms with Gasteiger partial charge >= 0.3 is 0 Å². The summed E-state index contributed by atoms with van der Waals surface area (Å²) in [7, 11) is 3.30. The van der Waals surface area contributed by atoms with E-state index in [1.165, 1.54) is 0 Å². The lowest BCUT2D eigenvalue weighted by molar-refractivity contribution is 0.0620. The Morgan fingerprint density at radius 1 is 1.27 bits per heavy atom. The Kier molecular flexibility index (Phi) is 7.96. The van der Waals surface area contributed by atoms with E-state index in [0.29, 0.717) is 13.2 Å². The summed E-state index contributed by atoms with van der Waals surface area (Å²) in [6, 6.07) is 0. The van der Waals surface area contributed by atoms with E-state index in [-0.39, 0.29) is 5.41 Å². The molecule has 92 valence electrons. The van der Waals surface area contributed by atoms with Gasteiger partial charge in [0.05, 0.1) is 12.7 Å². The van der Waals surface area contributed by atoms with Crippen LogP contribution in [0.25, 0.3) is 0 Å². The van der Waals surface area contributed by atoms with Gasteiger partial charge in [-0.15, -0.1) is 0 Å². The van der Waals surface area contributed by atoms with Crippen molar-refractivity contribution in [3.63, 3.8) is 0 Å². The van der Waals surface area contributed by atoms with E-state index in [0.717, 1.165) is 19.6 Å². The number of hydrogen-bond acceptors (Lipinski definition) is 4. The second kappa shape index (κ2) is 8.05. The average molecular weight is 219 g/mol. The number of aliphatic hydroxyl groups excluding tert-OH is 1. The lowest BCUT2D eigenvalue weighted by Gasteiger charge is -2.25. The van der Waals surface area contributed by atoms with E-state index in [4.69, 9.17) is 9.47 Å². The monoisotopic (exact) mass is 219 g/mol. The van der Waals surface area contributed by atoms with Crippen LogP contribution in [-0.4, -0.2) is 51.7 Å². The number of ether oxygens (including phenoxy) is 2. The third-order valence-electron chi connectivity index (χ3n) is 2.33. The fourth-order valence-corrected chi connectivity index (χ4v) is 1.30. The fourth-order valence-electron chi connectivity index (χ4n) is 1.30. The minimum absolute atomic E-state index is 0.197. The third kappa shape index (κ3) is 8.81. The summed E-state index contributed by atoms with van der Waals surface area (Å²) in [5.74, 6) is 0. The molecule has 0 bridgehead atoms. The van der Waals surface area contributed by atoms with Crippen LogP contribution in [0.15, 0.2) is 0 Å². The van der Waals surface area contributed by atoms with Crippen LogP contribution < -0.4 is 5.32 Å². The van der Waals surface area contributed by atoms with Crippen LogP contribution in [0.5, 0.6) is 0 Å². The molecule has 0 spiro atoms. The van der Waals surface area contributed by atoms with Gasteiger partial charge < -0.3 is 19.9 Å². The fraction of sp³-hybridized carbons (Fsp3) is 1.00. The molecule has 0 rings (SSSR count). The number of hydrogen-bond donors (Lipinski definition) is 2. The summed E-state index contributed by atoms with van der Waals surface area (Å²) in [5.41, 5.74) is 0.197. The normalized spacial score (nSPS) is 14.2. The zero-order valence-electron chi connectivity index (χ0n) is 10.4. The van der Waals surface area contributed by atoms with Gasteiger partial charge in [-0.3, -0.25) is 0 Å². The van der Waals surface area contributed by atoms with Crippen LogP contribution in [0.2, 0.25) is 0 Å². The summed E-state index contributed by atoms with van der Waals surface area (Å²) in [5, 5.41) is 12.6. The predicted octanol–water partition coefficient (Wildman–Crippen LogP) is 0.646. The van der Waals surface area contributed by atoms with Crippen molar-refractivity contribution >= 4 is 0 Å². The standard InChI is InChI=1S/C11H25NO3/c1-11(2,5-6-14-3)9-12-7-10(13)8-15-4/h10,12-13H,5-9H2,1-4H3. The average Bonchev–Trinajstić information content (AvgIpc) is 2.15. The molecule has 15 heavy (non-hydrogen) atoms. The first kappa shape index (κ1) is 14.8. The highest BCUT2D eigenvalue weighted by atomic mass is 16.5. The molecule has 0 aliphatic rings. The highest BCUT2D eigenvalue weighted by Crippen LogP contribution is 2.18. The van der Waals surface area contributed by atoms with E-state index in [1.54, 1.807) is 14.2 Å². The van der Waals surface area contributed by atoms with Crippen LogP contribution in [0, 0.1) is 5.41 Å². The molecule has 0 aromatic heterocycles. The van der Waals surface area contributed by atoms with E-state index >= 15 is 0 Å². The van der Waals surface area contributed by atoms with Gasteiger partial charge in [0.15, 0.2) is 0 Å². The zero-order valence-corrected chi connectivity index (χ0v) is 10.4. The van der Waals surface area contributed by atoms with Crippen LogP contribution >= 0.6 is 0 Å². The molecular formula is C11H25NO3. The summed E-state index contributed by atoms with van der Waals surface area (Å²) in [6.45, 7) is 6.96. The zero-order chi connectivity index (χ0) is 11.7. The van der Waals surface area contributed by atoms with Gasteiger partial charge in [-0.2, -0.15) is 0 Å². The quantitative estimate of drug-likeness (QED) is 0.598. The van der Waals surface area contributed by atoms with Gasteiger partial charge in [0.1, 0.15) is 0 Å². The molecule has 0 heterocycles. The van der Waals surface area contributed by atoms with E-state index in [2.05, 4.69) is 19.2 Å². The minimum Gasteiger partial charge on any atom is -0.389 e. The molecule has 0 radical (unpaired) electrons. The Bertz CT molecular complexity index is 151. The van der Waals surface area contributed by atoms with Gasteiger partial charge in [0, 0.05) is 33.9 Å². The van der Waals surface area contributed by atoms with Crippen LogP contribution in [-0.2, 0) is 9.47 Å². The van der Waals surface area contributed by atoms with Gasteiger partial charge in [-0.25, -0.2) is 0 Å². The van der Waals surface area contributed by atoms with Crippen molar-refractivity contribution in [3.8, 4) is 0 Å². The second-order valence-corrected chi connectivity index (χ2v) is 4.65. The highest BCUT2D eigenvalue weighted by Gasteiger charge is 2.17. The van der Waals surface area contributed by atoms with Crippen LogP contribution in [0.3, 0.4) is 0 Å². The molecule has 0 aliphatic carbocycles. The van der Waals surface area contributed by atoms with E-state index in [9.17, 15) is 5.11 Å². The van der Waals surface area contributed by atoms with Crippen LogP contribution in [0.4, 0.5) is 0 Å². The topological polar surface area (TPSA) is 50.7 Å². The number of nitrogens with one attached hydrogen (secondary N) is 1. The Labute approximate surface area is 93.0 Å².